The standard InChI is InChI=1S/C9H19NOSSi/c1-9(2,3)13(4,5)8-10-7(11)6-12-8/h8H,6H2,1-5H3,(H,10,11). The molecule has 1 unspecified atom stereocenters. The predicted molar refractivity (Wildman–Crippen MR) is 61.6 cm³/mol. The summed E-state index contributed by atoms with van der Waals surface area (Å²) in [5.41, 5.74) is 0. The van der Waals surface area contributed by atoms with E-state index in [2.05, 4.69) is 39.2 Å². The third-order valence-electron chi connectivity index (χ3n) is 3.26. The Hall–Kier alpha value is 0.0369. The van der Waals surface area contributed by atoms with Gasteiger partial charge in [0.05, 0.1) is 18.8 Å². The van der Waals surface area contributed by atoms with Gasteiger partial charge in [0.1, 0.15) is 0 Å². The maximum Gasteiger partial charge on any atom is 0.230 e. The van der Waals surface area contributed by atoms with Crippen molar-refractivity contribution in [1.82, 2.24) is 5.32 Å². The van der Waals surface area contributed by atoms with Crippen LogP contribution in [0.1, 0.15) is 20.8 Å². The Morgan fingerprint density at radius 2 is 2.00 bits per heavy atom. The van der Waals surface area contributed by atoms with Crippen molar-refractivity contribution in [3.63, 3.8) is 0 Å². The smallest absolute Gasteiger partial charge is 0.230 e. The van der Waals surface area contributed by atoms with E-state index in [1.54, 1.807) is 11.8 Å². The van der Waals surface area contributed by atoms with E-state index in [4.69, 9.17) is 0 Å². The van der Waals surface area contributed by atoms with Gasteiger partial charge in [-0.25, -0.2) is 0 Å². The highest BCUT2D eigenvalue weighted by Crippen LogP contribution is 2.42. The van der Waals surface area contributed by atoms with Gasteiger partial charge in [0, 0.05) is 0 Å². The molecule has 1 amide bonds. The Morgan fingerprint density at radius 3 is 2.31 bits per heavy atom. The monoisotopic (exact) mass is 217 g/mol. The molecule has 0 radical (unpaired) electrons. The van der Waals surface area contributed by atoms with Gasteiger partial charge in [-0.15, -0.1) is 11.8 Å². The van der Waals surface area contributed by atoms with Crippen molar-refractivity contribution in [3.05, 3.63) is 0 Å². The Bertz CT molecular complexity index is 222. The molecule has 4 heteroatoms. The number of amides is 1. The molecule has 1 aliphatic rings. The van der Waals surface area contributed by atoms with Crippen LogP contribution in [0.25, 0.3) is 0 Å². The first kappa shape index (κ1) is 11.1. The fourth-order valence-electron chi connectivity index (χ4n) is 1.17. The quantitative estimate of drug-likeness (QED) is 0.682. The summed E-state index contributed by atoms with van der Waals surface area (Å²) in [6.45, 7) is 11.6. The Morgan fingerprint density at radius 1 is 1.46 bits per heavy atom. The van der Waals surface area contributed by atoms with Gasteiger partial charge in [-0.3, -0.25) is 4.79 Å². The molecule has 1 saturated heterocycles. The third kappa shape index (κ3) is 2.10. The van der Waals surface area contributed by atoms with E-state index in [9.17, 15) is 4.79 Å². The van der Waals surface area contributed by atoms with Crippen molar-refractivity contribution in [2.75, 3.05) is 5.75 Å². The van der Waals surface area contributed by atoms with E-state index in [1.807, 2.05) is 0 Å². The van der Waals surface area contributed by atoms with Crippen LogP contribution in [0.5, 0.6) is 0 Å². The van der Waals surface area contributed by atoms with Gasteiger partial charge in [0.25, 0.3) is 0 Å². The second-order valence-corrected chi connectivity index (χ2v) is 12.3. The molecule has 13 heavy (non-hydrogen) atoms. The SMILES string of the molecule is CC(C)(C)[Si](C)(C)C1NC(=O)CS1. The molecule has 76 valence electrons. The second-order valence-electron chi connectivity index (χ2n) is 5.23. The summed E-state index contributed by atoms with van der Waals surface area (Å²) >= 11 is 1.79. The molecule has 1 atom stereocenters. The summed E-state index contributed by atoms with van der Waals surface area (Å²) in [5.74, 6) is 0.858. The van der Waals surface area contributed by atoms with Crippen LogP contribution in [0, 0.1) is 0 Å². The highest BCUT2D eigenvalue weighted by atomic mass is 32.2. The Balaban J connectivity index is 2.76. The van der Waals surface area contributed by atoms with Crippen molar-refractivity contribution in [2.45, 2.75) is 43.9 Å². The van der Waals surface area contributed by atoms with Gasteiger partial charge in [-0.2, -0.15) is 0 Å². The first-order chi connectivity index (χ1) is 5.75. The first-order valence-electron chi connectivity index (χ1n) is 4.66. The van der Waals surface area contributed by atoms with E-state index < -0.39 is 8.07 Å². The van der Waals surface area contributed by atoms with Crippen LogP contribution in [0.3, 0.4) is 0 Å². The Kier molecular flexibility index (Phi) is 2.83. The molecule has 0 saturated carbocycles. The maximum atomic E-state index is 11.1. The van der Waals surface area contributed by atoms with Crippen molar-refractivity contribution in [1.29, 1.82) is 0 Å². The van der Waals surface area contributed by atoms with E-state index in [0.29, 0.717) is 15.8 Å². The average molecular weight is 217 g/mol. The normalized spacial score (nSPS) is 24.7. The zero-order valence-electron chi connectivity index (χ0n) is 9.10. The van der Waals surface area contributed by atoms with Crippen LogP contribution >= 0.6 is 11.8 Å². The van der Waals surface area contributed by atoms with Gasteiger partial charge in [0.15, 0.2) is 0 Å². The lowest BCUT2D eigenvalue weighted by Gasteiger charge is -2.40. The third-order valence-corrected chi connectivity index (χ3v) is 11.7. The van der Waals surface area contributed by atoms with Crippen LogP contribution in [0.15, 0.2) is 0 Å². The largest absolute Gasteiger partial charge is 0.347 e. The summed E-state index contributed by atoms with van der Waals surface area (Å²) < 4.78 is 0. The minimum atomic E-state index is -1.38. The molecular weight excluding hydrogens is 198 g/mol. The fourth-order valence-corrected chi connectivity index (χ4v) is 6.07. The number of carbonyl (C=O) groups is 1. The van der Waals surface area contributed by atoms with Gasteiger partial charge in [-0.05, 0) is 5.04 Å². The number of rotatable bonds is 1. The highest BCUT2D eigenvalue weighted by Gasteiger charge is 2.45. The lowest BCUT2D eigenvalue weighted by atomic mass is 10.2. The topological polar surface area (TPSA) is 29.1 Å². The zero-order valence-corrected chi connectivity index (χ0v) is 10.9. The summed E-state index contributed by atoms with van der Waals surface area (Å²) in [7, 11) is -1.38. The summed E-state index contributed by atoms with van der Waals surface area (Å²) in [6.07, 6.45) is 0. The highest BCUT2D eigenvalue weighted by molar-refractivity contribution is 8.02. The lowest BCUT2D eigenvalue weighted by Crippen LogP contribution is -2.53. The molecule has 1 N–H and O–H groups in total. The minimum Gasteiger partial charge on any atom is -0.347 e. The number of carbonyl (C=O) groups excluding carboxylic acids is 1. The number of hydrogen-bond acceptors (Lipinski definition) is 2. The molecule has 2 nitrogen and oxygen atoms in total. The van der Waals surface area contributed by atoms with Gasteiger partial charge < -0.3 is 5.32 Å². The molecule has 0 bridgehead atoms. The predicted octanol–water partition coefficient (Wildman–Crippen LogP) is 2.22. The van der Waals surface area contributed by atoms with Gasteiger partial charge in [0.2, 0.25) is 5.91 Å². The molecule has 1 rings (SSSR count). The molecule has 0 spiro atoms. The van der Waals surface area contributed by atoms with E-state index in [-0.39, 0.29) is 5.91 Å². The van der Waals surface area contributed by atoms with Crippen molar-refractivity contribution in [2.24, 2.45) is 0 Å². The van der Waals surface area contributed by atoms with Crippen LogP contribution < -0.4 is 5.32 Å². The minimum absolute atomic E-state index is 0.208. The molecule has 0 aromatic heterocycles. The van der Waals surface area contributed by atoms with E-state index >= 15 is 0 Å². The number of thioether (sulfide) groups is 1. The summed E-state index contributed by atoms with van der Waals surface area (Å²) in [6, 6.07) is 0. The number of nitrogens with one attached hydrogen (secondary N) is 1. The molecule has 1 fully saturated rings. The summed E-state index contributed by atoms with van der Waals surface area (Å²) in [5, 5.41) is 3.44. The first-order valence-corrected chi connectivity index (χ1v) is 8.79. The lowest BCUT2D eigenvalue weighted by molar-refractivity contribution is -0.117. The number of hydrogen-bond donors (Lipinski definition) is 1. The Labute approximate surface area is 85.9 Å². The zero-order chi connectivity index (χ0) is 10.3. The van der Waals surface area contributed by atoms with Crippen molar-refractivity contribution in [3.8, 4) is 0 Å². The van der Waals surface area contributed by atoms with Crippen LogP contribution in [-0.4, -0.2) is 24.7 Å². The van der Waals surface area contributed by atoms with Crippen molar-refractivity contribution < 1.29 is 4.79 Å². The van der Waals surface area contributed by atoms with Gasteiger partial charge >= 0.3 is 0 Å². The van der Waals surface area contributed by atoms with Crippen molar-refractivity contribution >= 4 is 25.7 Å². The van der Waals surface area contributed by atoms with E-state index in [0.717, 1.165) is 0 Å². The fraction of sp³-hybridized carbons (Fsp3) is 0.889. The second kappa shape index (κ2) is 3.31. The maximum absolute atomic E-state index is 11.1. The van der Waals surface area contributed by atoms with Crippen LogP contribution in [0.4, 0.5) is 0 Å². The summed E-state index contributed by atoms with van der Waals surface area (Å²) in [4.78, 5) is 11.5. The van der Waals surface area contributed by atoms with Crippen LogP contribution in [0.2, 0.25) is 18.1 Å². The van der Waals surface area contributed by atoms with Gasteiger partial charge in [-0.1, -0.05) is 33.9 Å². The van der Waals surface area contributed by atoms with Crippen LogP contribution in [-0.2, 0) is 4.79 Å². The molecule has 0 aliphatic carbocycles. The molecule has 0 aromatic carbocycles. The molecule has 0 aromatic rings. The van der Waals surface area contributed by atoms with E-state index in [1.165, 1.54) is 0 Å². The molecule has 1 aliphatic heterocycles. The average Bonchev–Trinajstić information content (AvgIpc) is 2.33. The molecule has 1 heterocycles. The molecular formula is C9H19NOSSi.